The lowest BCUT2D eigenvalue weighted by Crippen LogP contribution is -2.54. The predicted octanol–water partition coefficient (Wildman–Crippen LogP) is 2.94. The van der Waals surface area contributed by atoms with Gasteiger partial charge in [-0.2, -0.15) is 12.6 Å². The summed E-state index contributed by atoms with van der Waals surface area (Å²) in [4.78, 5) is 52.2. The van der Waals surface area contributed by atoms with Crippen molar-refractivity contribution in [2.45, 2.75) is 58.7 Å². The number of amides is 3. The van der Waals surface area contributed by atoms with Gasteiger partial charge in [-0.05, 0) is 45.7 Å². The highest BCUT2D eigenvalue weighted by Crippen LogP contribution is 2.25. The summed E-state index contributed by atoms with van der Waals surface area (Å²) in [5.74, 6) is -1.46. The Bertz CT molecular complexity index is 899. The van der Waals surface area contributed by atoms with Crippen molar-refractivity contribution in [3.63, 3.8) is 0 Å². The number of esters is 1. The van der Waals surface area contributed by atoms with E-state index in [-0.39, 0.29) is 31.9 Å². The molecule has 0 aliphatic heterocycles. The van der Waals surface area contributed by atoms with Crippen molar-refractivity contribution in [3.05, 3.63) is 48.0 Å². The second-order valence-electron chi connectivity index (χ2n) is 8.77. The van der Waals surface area contributed by atoms with E-state index in [2.05, 4.69) is 29.8 Å². The van der Waals surface area contributed by atoms with E-state index in [0.29, 0.717) is 5.56 Å². The number of hydrogen-bond acceptors (Lipinski definition) is 7. The quantitative estimate of drug-likeness (QED) is 0.228. The lowest BCUT2D eigenvalue weighted by molar-refractivity contribution is -0.144. The maximum Gasteiger partial charge on any atom is 0.408 e. The van der Waals surface area contributed by atoms with Crippen molar-refractivity contribution in [1.82, 2.24) is 15.5 Å². The number of aryl methyl sites for hydroxylation is 1. The van der Waals surface area contributed by atoms with E-state index in [9.17, 15) is 19.2 Å². The van der Waals surface area contributed by atoms with Gasteiger partial charge in [-0.15, -0.1) is 6.58 Å². The summed E-state index contributed by atoms with van der Waals surface area (Å²) in [6, 6.07) is 5.10. The monoisotopic (exact) mass is 507 g/mol. The summed E-state index contributed by atoms with van der Waals surface area (Å²) in [5, 5.41) is 5.26. The summed E-state index contributed by atoms with van der Waals surface area (Å²) in [6.07, 6.45) is 0.724. The van der Waals surface area contributed by atoms with Gasteiger partial charge >= 0.3 is 12.1 Å². The third-order valence-corrected chi connectivity index (χ3v) is 5.12. The van der Waals surface area contributed by atoms with Crippen LogP contribution in [-0.2, 0) is 23.9 Å². The van der Waals surface area contributed by atoms with E-state index in [1.165, 1.54) is 11.0 Å². The molecular formula is C25H37N3O6S. The van der Waals surface area contributed by atoms with Crippen LogP contribution in [0.2, 0.25) is 0 Å². The Hall–Kier alpha value is -3.01. The molecular weight excluding hydrogens is 470 g/mol. The van der Waals surface area contributed by atoms with Crippen LogP contribution in [0.5, 0.6) is 0 Å². The van der Waals surface area contributed by atoms with E-state index in [1.54, 1.807) is 39.8 Å². The average Bonchev–Trinajstić information content (AvgIpc) is 2.76. The minimum atomic E-state index is -1.05. The molecule has 0 heterocycles. The van der Waals surface area contributed by atoms with E-state index in [4.69, 9.17) is 9.47 Å². The molecule has 194 valence electrons. The third kappa shape index (κ3) is 10.0. The molecule has 0 aliphatic carbocycles. The maximum absolute atomic E-state index is 13.6. The fraction of sp³-hybridized carbons (Fsp3) is 0.520. The molecule has 35 heavy (non-hydrogen) atoms. The molecule has 3 amide bonds. The van der Waals surface area contributed by atoms with Crippen LogP contribution in [0.3, 0.4) is 0 Å². The van der Waals surface area contributed by atoms with Crippen LogP contribution in [0.4, 0.5) is 4.79 Å². The molecule has 0 fully saturated rings. The molecule has 2 atom stereocenters. The fourth-order valence-electron chi connectivity index (χ4n) is 3.26. The molecule has 10 heteroatoms. The largest absolute Gasteiger partial charge is 0.466 e. The number of hydrogen-bond donors (Lipinski definition) is 3. The van der Waals surface area contributed by atoms with Crippen LogP contribution in [0.1, 0.15) is 51.3 Å². The van der Waals surface area contributed by atoms with Crippen LogP contribution >= 0.6 is 12.6 Å². The van der Waals surface area contributed by atoms with E-state index >= 15 is 0 Å². The highest BCUT2D eigenvalue weighted by atomic mass is 32.1. The second kappa shape index (κ2) is 14.4. The van der Waals surface area contributed by atoms with E-state index in [0.717, 1.165) is 5.56 Å². The summed E-state index contributed by atoms with van der Waals surface area (Å²) in [7, 11) is 0. The number of thiol groups is 1. The van der Waals surface area contributed by atoms with Crippen LogP contribution in [0, 0.1) is 6.92 Å². The minimum absolute atomic E-state index is 0.00502. The van der Waals surface area contributed by atoms with Crippen molar-refractivity contribution in [1.29, 1.82) is 0 Å². The van der Waals surface area contributed by atoms with Crippen LogP contribution in [0.25, 0.3) is 0 Å². The fourth-order valence-corrected chi connectivity index (χ4v) is 3.51. The number of nitrogens with zero attached hydrogens (tertiary/aromatic N) is 1. The highest BCUT2D eigenvalue weighted by Gasteiger charge is 2.35. The highest BCUT2D eigenvalue weighted by molar-refractivity contribution is 7.80. The molecule has 0 spiro atoms. The van der Waals surface area contributed by atoms with Crippen molar-refractivity contribution in [2.24, 2.45) is 0 Å². The van der Waals surface area contributed by atoms with Crippen LogP contribution in [-0.4, -0.2) is 65.9 Å². The summed E-state index contributed by atoms with van der Waals surface area (Å²) in [6.45, 7) is 12.7. The molecule has 2 unspecified atom stereocenters. The van der Waals surface area contributed by atoms with Gasteiger partial charge < -0.3 is 25.0 Å². The van der Waals surface area contributed by atoms with Crippen molar-refractivity contribution >= 4 is 36.5 Å². The van der Waals surface area contributed by atoms with Gasteiger partial charge in [0.2, 0.25) is 11.8 Å². The smallest absolute Gasteiger partial charge is 0.408 e. The summed E-state index contributed by atoms with van der Waals surface area (Å²) < 4.78 is 10.2. The Morgan fingerprint density at radius 2 is 1.86 bits per heavy atom. The van der Waals surface area contributed by atoms with Gasteiger partial charge in [0.15, 0.2) is 0 Å². The number of nitrogens with one attached hydrogen (secondary N) is 2. The summed E-state index contributed by atoms with van der Waals surface area (Å²) in [5.41, 5.74) is 0.645. The van der Waals surface area contributed by atoms with Gasteiger partial charge in [0.1, 0.15) is 17.7 Å². The maximum atomic E-state index is 13.6. The molecule has 2 N–H and O–H groups in total. The molecule has 0 saturated heterocycles. The lowest BCUT2D eigenvalue weighted by atomic mass is 9.98. The Labute approximate surface area is 213 Å². The van der Waals surface area contributed by atoms with Gasteiger partial charge in [-0.3, -0.25) is 14.4 Å². The van der Waals surface area contributed by atoms with E-state index < -0.39 is 41.6 Å². The zero-order chi connectivity index (χ0) is 26.6. The molecule has 0 aliphatic rings. The first-order valence-corrected chi connectivity index (χ1v) is 12.1. The molecule has 1 rings (SSSR count). The molecule has 1 aromatic carbocycles. The van der Waals surface area contributed by atoms with Gasteiger partial charge in [0.25, 0.3) is 0 Å². The first-order valence-electron chi connectivity index (χ1n) is 11.5. The lowest BCUT2D eigenvalue weighted by Gasteiger charge is -2.34. The predicted molar refractivity (Wildman–Crippen MR) is 137 cm³/mol. The molecule has 9 nitrogen and oxygen atoms in total. The molecule has 0 saturated carbocycles. The number of carbonyl (C=O) groups excluding carboxylic acids is 4. The summed E-state index contributed by atoms with van der Waals surface area (Å²) >= 11 is 4.23. The van der Waals surface area contributed by atoms with Gasteiger partial charge in [-0.25, -0.2) is 4.79 Å². The molecule has 0 radical (unpaired) electrons. The zero-order valence-corrected chi connectivity index (χ0v) is 22.0. The minimum Gasteiger partial charge on any atom is -0.466 e. The SMILES string of the molecule is C=CCN(C(=O)C(CS)NC(=O)OC(C)(C)C)C(C(=O)NCCC(=O)OCC)c1ccccc1C. The Kier molecular flexibility index (Phi) is 12.4. The standard InChI is InChI=1S/C25H37N3O6S/c1-7-15-28(23(31)19(16-35)27-24(32)34-25(4,5)6)21(18-12-10-9-11-17(18)3)22(30)26-14-13-20(29)33-8-2/h7,9-12,19,21,35H,1,8,13-16H2,2-6H3,(H,26,30)(H,27,32). The van der Waals surface area contributed by atoms with Gasteiger partial charge in [0, 0.05) is 18.8 Å². The first-order chi connectivity index (χ1) is 16.4. The van der Waals surface area contributed by atoms with Gasteiger partial charge in [0.05, 0.1) is 13.0 Å². The normalized spacial score (nSPS) is 12.6. The number of alkyl carbamates (subject to hydrolysis) is 1. The first kappa shape index (κ1) is 30.0. The van der Waals surface area contributed by atoms with Gasteiger partial charge in [-0.1, -0.05) is 30.3 Å². The number of rotatable bonds is 12. The molecule has 0 bridgehead atoms. The van der Waals surface area contributed by atoms with Crippen LogP contribution < -0.4 is 10.6 Å². The number of benzene rings is 1. The Morgan fingerprint density at radius 1 is 1.20 bits per heavy atom. The average molecular weight is 508 g/mol. The van der Waals surface area contributed by atoms with Crippen LogP contribution in [0.15, 0.2) is 36.9 Å². The number of ether oxygens (including phenoxy) is 2. The topological polar surface area (TPSA) is 114 Å². The zero-order valence-electron chi connectivity index (χ0n) is 21.1. The molecule has 0 aromatic heterocycles. The molecule has 1 aromatic rings. The van der Waals surface area contributed by atoms with Crippen molar-refractivity contribution < 1.29 is 28.7 Å². The third-order valence-electron chi connectivity index (χ3n) is 4.76. The number of carbonyl (C=O) groups is 4. The van der Waals surface area contributed by atoms with Crippen molar-refractivity contribution in [2.75, 3.05) is 25.4 Å². The van der Waals surface area contributed by atoms with Crippen molar-refractivity contribution in [3.8, 4) is 0 Å². The second-order valence-corrected chi connectivity index (χ2v) is 9.13. The Morgan fingerprint density at radius 3 is 2.40 bits per heavy atom. The Balaban J connectivity index is 3.26. The van der Waals surface area contributed by atoms with E-state index in [1.807, 2.05) is 19.1 Å².